The fourth-order valence-electron chi connectivity index (χ4n) is 3.23. The van der Waals surface area contributed by atoms with Crippen molar-refractivity contribution in [1.29, 1.82) is 5.41 Å². The van der Waals surface area contributed by atoms with E-state index in [1.807, 2.05) is 36.4 Å². The Balaban J connectivity index is 2.10. The van der Waals surface area contributed by atoms with Crippen LogP contribution in [0.3, 0.4) is 0 Å². The molecule has 0 bridgehead atoms. The number of benzene rings is 2. The molecular weight excluding hydrogens is 382 g/mol. The monoisotopic (exact) mass is 397 g/mol. The first kappa shape index (κ1) is 17.6. The molecule has 0 fully saturated rings. The highest BCUT2D eigenvalue weighted by Gasteiger charge is 2.22. The van der Waals surface area contributed by atoms with Crippen molar-refractivity contribution in [3.05, 3.63) is 64.8 Å². The van der Waals surface area contributed by atoms with Crippen LogP contribution in [-0.4, -0.2) is 24.1 Å². The molecule has 136 valence electrons. The lowest BCUT2D eigenvalue weighted by Gasteiger charge is -2.08. The highest BCUT2D eigenvalue weighted by Crippen LogP contribution is 2.39. The Labute approximate surface area is 164 Å². The lowest BCUT2D eigenvalue weighted by atomic mass is 10.0. The molecular formula is C20H16ClN3O2S. The summed E-state index contributed by atoms with van der Waals surface area (Å²) >= 11 is 7.76. The Morgan fingerprint density at radius 3 is 2.70 bits per heavy atom. The Morgan fingerprint density at radius 2 is 1.96 bits per heavy atom. The van der Waals surface area contributed by atoms with Gasteiger partial charge in [0.15, 0.2) is 6.40 Å². The van der Waals surface area contributed by atoms with Crippen molar-refractivity contribution in [2.45, 2.75) is 6.61 Å². The molecule has 7 heteroatoms. The van der Waals surface area contributed by atoms with Crippen LogP contribution in [0.1, 0.15) is 11.3 Å². The molecule has 0 radical (unpaired) electrons. The van der Waals surface area contributed by atoms with Gasteiger partial charge in [0.25, 0.3) is 0 Å². The fourth-order valence-corrected chi connectivity index (χ4v) is 4.54. The van der Waals surface area contributed by atoms with Gasteiger partial charge in [0.2, 0.25) is 0 Å². The molecule has 0 aliphatic carbocycles. The van der Waals surface area contributed by atoms with E-state index in [-0.39, 0.29) is 6.61 Å². The van der Waals surface area contributed by atoms with Crippen LogP contribution in [0, 0.1) is 5.41 Å². The summed E-state index contributed by atoms with van der Waals surface area (Å²) in [7, 11) is 1.52. The van der Waals surface area contributed by atoms with Gasteiger partial charge in [-0.15, -0.1) is 11.3 Å². The number of oxime groups is 1. The number of aromatic nitrogens is 1. The summed E-state index contributed by atoms with van der Waals surface area (Å²) in [5.41, 5.74) is 4.98. The van der Waals surface area contributed by atoms with Crippen LogP contribution in [0.4, 0.5) is 0 Å². The second-order valence-electron chi connectivity index (χ2n) is 5.80. The summed E-state index contributed by atoms with van der Waals surface area (Å²) in [5, 5.41) is 12.0. The van der Waals surface area contributed by atoms with Crippen molar-refractivity contribution in [2.24, 2.45) is 5.16 Å². The second-order valence-corrected chi connectivity index (χ2v) is 7.27. The predicted molar refractivity (Wildman–Crippen MR) is 111 cm³/mol. The molecule has 0 amide bonds. The van der Waals surface area contributed by atoms with Gasteiger partial charge in [0.05, 0.1) is 22.1 Å². The standard InChI is InChI=1S/C20H16ClN3O2S/c1-25-23-10-15-19(13-6-8-14(21)9-7-13)17(11-26-12-22)24-16-4-2-3-5-18(16)27-20(15)24/h2-10,12,22H,11H2,1H3. The molecule has 5 nitrogen and oxygen atoms in total. The molecule has 27 heavy (non-hydrogen) atoms. The van der Waals surface area contributed by atoms with E-state index in [0.29, 0.717) is 5.02 Å². The number of hydrogen-bond donors (Lipinski definition) is 1. The average molecular weight is 398 g/mol. The molecule has 0 saturated heterocycles. The summed E-state index contributed by atoms with van der Waals surface area (Å²) < 4.78 is 8.71. The molecule has 0 atom stereocenters. The molecule has 2 aromatic heterocycles. The molecule has 0 saturated carbocycles. The number of para-hydroxylation sites is 1. The van der Waals surface area contributed by atoms with E-state index in [2.05, 4.69) is 21.7 Å². The van der Waals surface area contributed by atoms with Crippen molar-refractivity contribution in [1.82, 2.24) is 4.40 Å². The van der Waals surface area contributed by atoms with Gasteiger partial charge in [-0.1, -0.05) is 41.0 Å². The van der Waals surface area contributed by atoms with Crippen LogP contribution in [0.2, 0.25) is 5.02 Å². The summed E-state index contributed by atoms with van der Waals surface area (Å²) in [5.74, 6) is 0. The highest BCUT2D eigenvalue weighted by atomic mass is 35.5. The van der Waals surface area contributed by atoms with E-state index in [0.717, 1.165) is 39.1 Å². The topological polar surface area (TPSA) is 59.1 Å². The van der Waals surface area contributed by atoms with Crippen LogP contribution >= 0.6 is 22.9 Å². The number of halogens is 1. The smallest absolute Gasteiger partial charge is 0.167 e. The van der Waals surface area contributed by atoms with E-state index in [9.17, 15) is 0 Å². The first-order valence-electron chi connectivity index (χ1n) is 8.22. The molecule has 1 N–H and O–H groups in total. The predicted octanol–water partition coefficient (Wildman–Crippen LogP) is 5.58. The van der Waals surface area contributed by atoms with Crippen molar-refractivity contribution in [3.63, 3.8) is 0 Å². The van der Waals surface area contributed by atoms with Crippen LogP contribution in [0.15, 0.2) is 53.7 Å². The highest BCUT2D eigenvalue weighted by molar-refractivity contribution is 7.24. The van der Waals surface area contributed by atoms with Gasteiger partial charge in [-0.05, 0) is 29.8 Å². The maximum Gasteiger partial charge on any atom is 0.167 e. The SMILES string of the molecule is CON=Cc1c(-c2ccc(Cl)cc2)c(COC=N)n2c1sc1ccccc12. The summed E-state index contributed by atoms with van der Waals surface area (Å²) in [4.78, 5) is 5.99. The summed E-state index contributed by atoms with van der Waals surface area (Å²) in [6, 6.07) is 15.9. The molecule has 0 spiro atoms. The van der Waals surface area contributed by atoms with Gasteiger partial charge in [0.1, 0.15) is 18.5 Å². The number of rotatable bonds is 6. The van der Waals surface area contributed by atoms with Gasteiger partial charge in [-0.2, -0.15) is 0 Å². The van der Waals surface area contributed by atoms with E-state index in [4.69, 9.17) is 26.6 Å². The Morgan fingerprint density at radius 1 is 1.19 bits per heavy atom. The maximum atomic E-state index is 7.29. The van der Waals surface area contributed by atoms with Gasteiger partial charge in [-0.3, -0.25) is 9.81 Å². The normalized spacial score (nSPS) is 11.5. The molecule has 2 heterocycles. The third-order valence-corrected chi connectivity index (χ3v) is 5.71. The van der Waals surface area contributed by atoms with Gasteiger partial charge in [-0.25, -0.2) is 0 Å². The number of nitrogens with zero attached hydrogens (tertiary/aromatic N) is 2. The lowest BCUT2D eigenvalue weighted by molar-refractivity contribution is 0.215. The van der Waals surface area contributed by atoms with Gasteiger partial charge in [0, 0.05) is 16.1 Å². The average Bonchev–Trinajstić information content (AvgIpc) is 3.20. The second kappa shape index (κ2) is 7.42. The minimum Gasteiger partial charge on any atom is -0.477 e. The minimum atomic E-state index is 0.268. The number of thiazole rings is 1. The van der Waals surface area contributed by atoms with Crippen LogP contribution < -0.4 is 0 Å². The molecule has 0 aliphatic heterocycles. The quantitative estimate of drug-likeness (QED) is 0.262. The van der Waals surface area contributed by atoms with E-state index < -0.39 is 0 Å². The Kier molecular flexibility index (Phi) is 4.83. The third-order valence-electron chi connectivity index (χ3n) is 4.30. The van der Waals surface area contributed by atoms with Crippen LogP contribution in [0.5, 0.6) is 0 Å². The number of ether oxygens (including phenoxy) is 1. The number of nitrogens with one attached hydrogen (secondary N) is 1. The summed E-state index contributed by atoms with van der Waals surface area (Å²) in [6.07, 6.45) is 2.69. The van der Waals surface area contributed by atoms with Crippen molar-refractivity contribution < 1.29 is 9.57 Å². The minimum absolute atomic E-state index is 0.268. The number of hydrogen-bond acceptors (Lipinski definition) is 5. The molecule has 0 unspecified atom stereocenters. The number of fused-ring (bicyclic) bond motifs is 3. The van der Waals surface area contributed by atoms with E-state index >= 15 is 0 Å². The largest absolute Gasteiger partial charge is 0.477 e. The van der Waals surface area contributed by atoms with Crippen molar-refractivity contribution in [3.8, 4) is 11.1 Å². The molecule has 4 rings (SSSR count). The van der Waals surface area contributed by atoms with Crippen molar-refractivity contribution >= 4 is 50.6 Å². The van der Waals surface area contributed by atoms with E-state index in [1.54, 1.807) is 17.6 Å². The summed E-state index contributed by atoms with van der Waals surface area (Å²) in [6.45, 7) is 0.268. The Bertz CT molecular complexity index is 1150. The molecule has 2 aromatic carbocycles. The maximum absolute atomic E-state index is 7.29. The molecule has 4 aromatic rings. The van der Waals surface area contributed by atoms with Crippen molar-refractivity contribution in [2.75, 3.05) is 7.11 Å². The van der Waals surface area contributed by atoms with E-state index in [1.165, 1.54) is 11.8 Å². The molecule has 0 aliphatic rings. The van der Waals surface area contributed by atoms with Crippen LogP contribution in [-0.2, 0) is 16.2 Å². The fraction of sp³-hybridized carbons (Fsp3) is 0.100. The Hall–Kier alpha value is -2.83. The van der Waals surface area contributed by atoms with Crippen LogP contribution in [0.25, 0.3) is 26.2 Å². The van der Waals surface area contributed by atoms with Gasteiger partial charge >= 0.3 is 0 Å². The first-order chi connectivity index (χ1) is 13.2. The van der Waals surface area contributed by atoms with Gasteiger partial charge < -0.3 is 9.57 Å². The zero-order valence-electron chi connectivity index (χ0n) is 14.5. The lowest BCUT2D eigenvalue weighted by Crippen LogP contribution is -1.97. The zero-order valence-corrected chi connectivity index (χ0v) is 16.1. The first-order valence-corrected chi connectivity index (χ1v) is 9.42. The zero-order chi connectivity index (χ0) is 18.8. The third kappa shape index (κ3) is 3.07.